The first-order valence-corrected chi connectivity index (χ1v) is 12.9. The number of carbonyl (C=O) groups excluding carboxylic acids is 2. The zero-order chi connectivity index (χ0) is 23.7. The van der Waals surface area contributed by atoms with Crippen LogP contribution in [0.2, 0.25) is 0 Å². The van der Waals surface area contributed by atoms with Crippen molar-refractivity contribution in [2.75, 3.05) is 7.05 Å². The van der Waals surface area contributed by atoms with Crippen LogP contribution in [-0.4, -0.2) is 40.8 Å². The molecule has 2 aromatic rings. The standard InChI is InChI=1S/C29H35N3O2/c1-28-14-11-23-20(7-10-25-29(23,2)15-12-26(33)32(25)3)22(28)8-9-24(28)31-27(34)19-6-4-5-18-13-16-30-17-21(18)19/h4-6,12-13,15-17,20,22-25H,7-11,14H2,1-3H3,(H,31,34)/t20-,22-,23-,24-,25+,28-,29+/m0/s1. The summed E-state index contributed by atoms with van der Waals surface area (Å²) in [6.07, 6.45) is 14.4. The zero-order valence-electron chi connectivity index (χ0n) is 20.5. The van der Waals surface area contributed by atoms with E-state index in [0.717, 1.165) is 35.6 Å². The number of fused-ring (bicyclic) bond motifs is 6. The third-order valence-electron chi connectivity index (χ3n) is 10.4. The lowest BCUT2D eigenvalue weighted by molar-refractivity contribution is -0.138. The van der Waals surface area contributed by atoms with Crippen molar-refractivity contribution in [3.05, 3.63) is 54.4 Å². The third-order valence-corrected chi connectivity index (χ3v) is 10.4. The maximum atomic E-state index is 13.4. The lowest BCUT2D eigenvalue weighted by Crippen LogP contribution is -2.60. The van der Waals surface area contributed by atoms with E-state index in [0.29, 0.717) is 23.8 Å². The molecule has 5 nitrogen and oxygen atoms in total. The van der Waals surface area contributed by atoms with Gasteiger partial charge in [-0.15, -0.1) is 0 Å². The summed E-state index contributed by atoms with van der Waals surface area (Å²) >= 11 is 0. The molecular weight excluding hydrogens is 422 g/mol. The largest absolute Gasteiger partial charge is 0.349 e. The smallest absolute Gasteiger partial charge is 0.252 e. The molecule has 3 fully saturated rings. The maximum absolute atomic E-state index is 13.4. The Balaban J connectivity index is 1.25. The van der Waals surface area contributed by atoms with E-state index in [1.807, 2.05) is 42.3 Å². The molecule has 0 spiro atoms. The molecule has 34 heavy (non-hydrogen) atoms. The molecule has 5 heteroatoms. The van der Waals surface area contributed by atoms with E-state index in [4.69, 9.17) is 0 Å². The van der Waals surface area contributed by atoms with Gasteiger partial charge in [0.05, 0.1) is 0 Å². The van der Waals surface area contributed by atoms with E-state index in [-0.39, 0.29) is 28.7 Å². The normalized spacial score (nSPS) is 38.9. The lowest BCUT2D eigenvalue weighted by Gasteiger charge is -2.60. The first kappa shape index (κ1) is 21.8. The molecule has 0 radical (unpaired) electrons. The Morgan fingerprint density at radius 1 is 1.09 bits per heavy atom. The van der Waals surface area contributed by atoms with Crippen LogP contribution in [0, 0.1) is 28.6 Å². The Bertz CT molecular complexity index is 1190. The van der Waals surface area contributed by atoms with Crippen LogP contribution >= 0.6 is 0 Å². The quantitative estimate of drug-likeness (QED) is 0.692. The van der Waals surface area contributed by atoms with Gasteiger partial charge in [-0.1, -0.05) is 32.1 Å². The fourth-order valence-electron chi connectivity index (χ4n) is 8.52. The van der Waals surface area contributed by atoms with Crippen LogP contribution in [0.15, 0.2) is 48.8 Å². The number of nitrogens with one attached hydrogen (secondary N) is 1. The summed E-state index contributed by atoms with van der Waals surface area (Å²) in [7, 11) is 1.98. The second kappa shape index (κ2) is 7.66. The minimum Gasteiger partial charge on any atom is -0.349 e. The number of pyridine rings is 1. The van der Waals surface area contributed by atoms with Gasteiger partial charge in [-0.25, -0.2) is 0 Å². The number of benzene rings is 1. The predicted molar refractivity (Wildman–Crippen MR) is 133 cm³/mol. The number of rotatable bonds is 2. The molecule has 6 rings (SSSR count). The van der Waals surface area contributed by atoms with Crippen molar-refractivity contribution < 1.29 is 9.59 Å². The van der Waals surface area contributed by atoms with Gasteiger partial charge in [0.25, 0.3) is 5.91 Å². The van der Waals surface area contributed by atoms with Gasteiger partial charge in [-0.3, -0.25) is 14.6 Å². The van der Waals surface area contributed by atoms with Gasteiger partial charge in [-0.05, 0) is 85.3 Å². The highest BCUT2D eigenvalue weighted by Crippen LogP contribution is 2.63. The van der Waals surface area contributed by atoms with Gasteiger partial charge in [0.15, 0.2) is 0 Å². The Kier molecular flexibility index (Phi) is 4.91. The highest BCUT2D eigenvalue weighted by molar-refractivity contribution is 6.06. The van der Waals surface area contributed by atoms with Crippen molar-refractivity contribution in [3.63, 3.8) is 0 Å². The molecule has 3 saturated carbocycles. The fourth-order valence-corrected chi connectivity index (χ4v) is 8.52. The van der Waals surface area contributed by atoms with Crippen molar-refractivity contribution in [2.45, 2.75) is 64.5 Å². The second-order valence-corrected chi connectivity index (χ2v) is 11.7. The van der Waals surface area contributed by atoms with Crippen LogP contribution in [0.5, 0.6) is 0 Å². The van der Waals surface area contributed by atoms with Crippen LogP contribution in [0.4, 0.5) is 0 Å². The van der Waals surface area contributed by atoms with E-state index < -0.39 is 0 Å². The number of nitrogens with zero attached hydrogens (tertiary/aromatic N) is 2. The van der Waals surface area contributed by atoms with Crippen molar-refractivity contribution in [1.29, 1.82) is 0 Å². The SMILES string of the molecule is CN1C(=O)C=C[C@]2(C)[C@H]3CC[C@]4(C)[C@@H](NC(=O)c5cccc6ccncc56)CC[C@H]4[C@@H]3CC[C@@H]12. The van der Waals surface area contributed by atoms with E-state index in [1.54, 1.807) is 12.4 Å². The Morgan fingerprint density at radius 3 is 2.79 bits per heavy atom. The average Bonchev–Trinajstić information content (AvgIpc) is 3.17. The Morgan fingerprint density at radius 2 is 1.94 bits per heavy atom. The molecule has 7 atom stereocenters. The molecule has 178 valence electrons. The topological polar surface area (TPSA) is 62.3 Å². The van der Waals surface area contributed by atoms with Crippen LogP contribution < -0.4 is 5.32 Å². The number of likely N-dealkylation sites (N-methyl/N-ethyl adjacent to an activating group) is 1. The molecule has 0 saturated heterocycles. The molecule has 0 unspecified atom stereocenters. The van der Waals surface area contributed by atoms with Gasteiger partial charge >= 0.3 is 0 Å². The number of carbonyl (C=O) groups is 2. The molecule has 0 bridgehead atoms. The van der Waals surface area contributed by atoms with Gasteiger partial charge in [0.1, 0.15) is 0 Å². The molecule has 2 amide bonds. The van der Waals surface area contributed by atoms with Crippen LogP contribution in [0.1, 0.15) is 62.7 Å². The number of hydrogen-bond acceptors (Lipinski definition) is 3. The summed E-state index contributed by atoms with van der Waals surface area (Å²) in [6, 6.07) is 8.38. The Labute approximate surface area is 202 Å². The van der Waals surface area contributed by atoms with E-state index >= 15 is 0 Å². The minimum atomic E-state index is 0.0265. The summed E-state index contributed by atoms with van der Waals surface area (Å²) in [5, 5.41) is 5.43. The van der Waals surface area contributed by atoms with E-state index in [9.17, 15) is 9.59 Å². The molecule has 2 heterocycles. The monoisotopic (exact) mass is 457 g/mol. The van der Waals surface area contributed by atoms with Crippen LogP contribution in [0.25, 0.3) is 10.8 Å². The Hall–Kier alpha value is -2.69. The summed E-state index contributed by atoms with van der Waals surface area (Å²) in [5.74, 6) is 2.07. The minimum absolute atomic E-state index is 0.0265. The van der Waals surface area contributed by atoms with Gasteiger partial charge < -0.3 is 10.2 Å². The first-order chi connectivity index (χ1) is 16.3. The van der Waals surface area contributed by atoms with Gasteiger partial charge in [0.2, 0.25) is 5.91 Å². The number of amides is 2. The molecule has 1 aromatic heterocycles. The third kappa shape index (κ3) is 3.01. The van der Waals surface area contributed by atoms with Crippen molar-refractivity contribution in [3.8, 4) is 0 Å². The molecular formula is C29H35N3O2. The number of hydrogen-bond donors (Lipinski definition) is 1. The zero-order valence-corrected chi connectivity index (χ0v) is 20.5. The molecule has 1 aromatic carbocycles. The summed E-state index contributed by atoms with van der Waals surface area (Å²) in [6.45, 7) is 4.82. The van der Waals surface area contributed by atoms with Gasteiger partial charge in [0, 0.05) is 47.9 Å². The average molecular weight is 458 g/mol. The van der Waals surface area contributed by atoms with Crippen molar-refractivity contribution in [2.24, 2.45) is 28.6 Å². The predicted octanol–water partition coefficient (Wildman–Crippen LogP) is 4.97. The number of aromatic nitrogens is 1. The van der Waals surface area contributed by atoms with Crippen LogP contribution in [-0.2, 0) is 4.79 Å². The highest BCUT2D eigenvalue weighted by Gasteiger charge is 2.60. The van der Waals surface area contributed by atoms with E-state index in [2.05, 4.69) is 30.2 Å². The van der Waals surface area contributed by atoms with Gasteiger partial charge in [-0.2, -0.15) is 0 Å². The highest BCUT2D eigenvalue weighted by atomic mass is 16.2. The summed E-state index contributed by atoms with van der Waals surface area (Å²) in [5.41, 5.74) is 0.909. The maximum Gasteiger partial charge on any atom is 0.252 e. The second-order valence-electron chi connectivity index (χ2n) is 11.7. The molecule has 1 N–H and O–H groups in total. The summed E-state index contributed by atoms with van der Waals surface area (Å²) < 4.78 is 0. The lowest BCUT2D eigenvalue weighted by atomic mass is 9.48. The van der Waals surface area contributed by atoms with E-state index in [1.165, 1.54) is 19.3 Å². The summed E-state index contributed by atoms with van der Waals surface area (Å²) in [4.78, 5) is 32.0. The first-order valence-electron chi connectivity index (χ1n) is 12.9. The molecule has 3 aliphatic carbocycles. The molecule has 1 aliphatic heterocycles. The van der Waals surface area contributed by atoms with Crippen molar-refractivity contribution >= 4 is 22.6 Å². The molecule has 4 aliphatic rings. The van der Waals surface area contributed by atoms with Crippen LogP contribution in [0.3, 0.4) is 0 Å². The fraction of sp³-hybridized carbons (Fsp3) is 0.552. The van der Waals surface area contributed by atoms with Crippen molar-refractivity contribution in [1.82, 2.24) is 15.2 Å².